The van der Waals surface area contributed by atoms with Crippen LogP contribution in [0.4, 0.5) is 0 Å². The molecule has 2 N–H and O–H groups in total. The van der Waals surface area contributed by atoms with Crippen molar-refractivity contribution in [3.8, 4) is 6.07 Å². The highest BCUT2D eigenvalue weighted by molar-refractivity contribution is 5.93. The molecule has 5 rings (SSSR count). The molecule has 1 spiro atoms. The van der Waals surface area contributed by atoms with Crippen LogP contribution < -0.4 is 5.56 Å². The zero-order chi connectivity index (χ0) is 18.6. The minimum atomic E-state index is -0.216. The van der Waals surface area contributed by atoms with Gasteiger partial charge in [-0.25, -0.2) is 4.98 Å². The van der Waals surface area contributed by atoms with E-state index in [4.69, 9.17) is 10.2 Å². The van der Waals surface area contributed by atoms with Gasteiger partial charge in [0.25, 0.3) is 11.5 Å². The molecule has 2 aliphatic carbocycles. The van der Waals surface area contributed by atoms with Gasteiger partial charge in [-0.05, 0) is 44.6 Å². The number of aromatic amines is 2. The van der Waals surface area contributed by atoms with Crippen LogP contribution in [0.2, 0.25) is 0 Å². The van der Waals surface area contributed by atoms with Crippen molar-refractivity contribution in [3.63, 3.8) is 0 Å². The van der Waals surface area contributed by atoms with Crippen molar-refractivity contribution in [2.75, 3.05) is 13.1 Å². The molecule has 7 heteroatoms. The minimum absolute atomic E-state index is 0.00487. The Labute approximate surface area is 156 Å². The maximum atomic E-state index is 12.9. The summed E-state index contributed by atoms with van der Waals surface area (Å²) in [6.45, 7) is 1.27. The molecule has 3 heterocycles. The zero-order valence-corrected chi connectivity index (χ0v) is 15.0. The number of carbonyl (C=O) groups excluding carboxylic acids is 1. The van der Waals surface area contributed by atoms with Crippen molar-refractivity contribution in [1.82, 2.24) is 19.9 Å². The predicted octanol–water partition coefficient (Wildman–Crippen LogP) is 1.97. The number of amides is 1. The average molecular weight is 363 g/mol. The molecule has 3 aliphatic rings. The van der Waals surface area contributed by atoms with Crippen molar-refractivity contribution in [1.29, 1.82) is 5.26 Å². The van der Waals surface area contributed by atoms with E-state index in [1.54, 1.807) is 12.3 Å². The lowest BCUT2D eigenvalue weighted by Crippen LogP contribution is -2.48. The van der Waals surface area contributed by atoms with Crippen LogP contribution in [0.5, 0.6) is 0 Å². The third-order valence-corrected chi connectivity index (χ3v) is 6.26. The van der Waals surface area contributed by atoms with Gasteiger partial charge in [-0.15, -0.1) is 0 Å². The second-order valence-electron chi connectivity index (χ2n) is 8.08. The quantitative estimate of drug-likeness (QED) is 0.851. The van der Waals surface area contributed by atoms with Gasteiger partial charge in [0.1, 0.15) is 17.6 Å². The van der Waals surface area contributed by atoms with E-state index in [1.165, 1.54) is 0 Å². The van der Waals surface area contributed by atoms with Crippen molar-refractivity contribution >= 4 is 5.91 Å². The van der Waals surface area contributed by atoms with Gasteiger partial charge in [0.05, 0.1) is 11.3 Å². The van der Waals surface area contributed by atoms with E-state index in [1.807, 2.05) is 11.0 Å². The number of aromatic nitrogens is 3. The second kappa shape index (κ2) is 5.81. The van der Waals surface area contributed by atoms with Crippen molar-refractivity contribution in [2.45, 2.75) is 49.9 Å². The summed E-state index contributed by atoms with van der Waals surface area (Å²) in [6, 6.07) is 3.64. The summed E-state index contributed by atoms with van der Waals surface area (Å²) in [4.78, 5) is 38.1. The third kappa shape index (κ3) is 2.59. The van der Waals surface area contributed by atoms with Crippen LogP contribution in [0.25, 0.3) is 0 Å². The molecule has 0 aromatic carbocycles. The lowest BCUT2D eigenvalue weighted by atomic mass is 9.77. The molecule has 1 saturated heterocycles. The number of hydrogen-bond donors (Lipinski definition) is 2. The van der Waals surface area contributed by atoms with E-state index in [0.717, 1.165) is 55.6 Å². The molecule has 1 atom stereocenters. The number of H-pyrrole nitrogens is 2. The van der Waals surface area contributed by atoms with Gasteiger partial charge in [-0.3, -0.25) is 9.59 Å². The molecule has 1 saturated carbocycles. The number of rotatable bonds is 2. The zero-order valence-electron chi connectivity index (χ0n) is 15.0. The Morgan fingerprint density at radius 2 is 2.22 bits per heavy atom. The molecule has 7 nitrogen and oxygen atoms in total. The first-order valence-corrected chi connectivity index (χ1v) is 9.61. The van der Waals surface area contributed by atoms with Crippen LogP contribution in [0.3, 0.4) is 0 Å². The molecule has 0 bridgehead atoms. The van der Waals surface area contributed by atoms with E-state index >= 15 is 0 Å². The highest BCUT2D eigenvalue weighted by atomic mass is 16.2. The van der Waals surface area contributed by atoms with Crippen LogP contribution >= 0.6 is 0 Å². The largest absolute Gasteiger partial charge is 0.356 e. The molecule has 0 radical (unpaired) electrons. The third-order valence-electron chi connectivity index (χ3n) is 6.26. The molecule has 2 fully saturated rings. The lowest BCUT2D eigenvalue weighted by Gasteiger charge is -2.40. The van der Waals surface area contributed by atoms with Crippen LogP contribution in [-0.2, 0) is 11.8 Å². The minimum Gasteiger partial charge on any atom is -0.356 e. The van der Waals surface area contributed by atoms with Crippen LogP contribution in [-0.4, -0.2) is 38.8 Å². The van der Waals surface area contributed by atoms with Gasteiger partial charge in [0.2, 0.25) is 0 Å². The van der Waals surface area contributed by atoms with Gasteiger partial charge in [0, 0.05) is 36.2 Å². The molecular weight excluding hydrogens is 342 g/mol. The Balaban J connectivity index is 1.47. The number of fused-ring (bicyclic) bond motifs is 2. The van der Waals surface area contributed by atoms with E-state index in [2.05, 4.69) is 9.97 Å². The Hall–Kier alpha value is -2.88. The number of likely N-dealkylation sites (tertiary alicyclic amines) is 1. The number of nitrogens with one attached hydrogen (secondary N) is 2. The Bertz CT molecular complexity index is 1030. The summed E-state index contributed by atoms with van der Waals surface area (Å²) < 4.78 is 0. The lowest BCUT2D eigenvalue weighted by molar-refractivity contribution is 0.0628. The van der Waals surface area contributed by atoms with Crippen LogP contribution in [0.15, 0.2) is 17.1 Å². The Morgan fingerprint density at radius 3 is 2.96 bits per heavy atom. The number of piperidine rings is 1. The molecule has 27 heavy (non-hydrogen) atoms. The molecule has 1 amide bonds. The van der Waals surface area contributed by atoms with Crippen molar-refractivity contribution in [2.24, 2.45) is 0 Å². The van der Waals surface area contributed by atoms with E-state index in [-0.39, 0.29) is 16.9 Å². The van der Waals surface area contributed by atoms with Gasteiger partial charge < -0.3 is 14.9 Å². The van der Waals surface area contributed by atoms with Gasteiger partial charge in [-0.2, -0.15) is 5.26 Å². The molecule has 1 aliphatic heterocycles. The molecular formula is C20H21N5O2. The Morgan fingerprint density at radius 1 is 1.37 bits per heavy atom. The van der Waals surface area contributed by atoms with Crippen molar-refractivity contribution in [3.05, 3.63) is 51.0 Å². The first-order valence-electron chi connectivity index (χ1n) is 9.61. The highest BCUT2D eigenvalue weighted by Gasteiger charge is 2.46. The fourth-order valence-corrected chi connectivity index (χ4v) is 4.67. The van der Waals surface area contributed by atoms with E-state index in [9.17, 15) is 9.59 Å². The van der Waals surface area contributed by atoms with Crippen LogP contribution in [0, 0.1) is 11.3 Å². The molecule has 2 aromatic heterocycles. The number of hydrogen-bond acceptors (Lipinski definition) is 4. The first kappa shape index (κ1) is 16.3. The summed E-state index contributed by atoms with van der Waals surface area (Å²) >= 11 is 0. The fraction of sp³-hybridized carbons (Fsp3) is 0.500. The number of nitrogens with zero attached hydrogens (tertiary/aromatic N) is 3. The van der Waals surface area contributed by atoms with Gasteiger partial charge >= 0.3 is 0 Å². The van der Waals surface area contributed by atoms with Crippen LogP contribution in [0.1, 0.15) is 71.2 Å². The standard InChI is InChI=1S/C20H21N5O2/c21-9-12-8-15(22-10-12)19(27)25-7-1-5-20(11-25)6-4-14-16(20)23-17(13-2-3-13)24-18(14)26/h8,10,13,22H,1-7,11H2,(H,23,24,26). The average Bonchev–Trinajstić information content (AvgIpc) is 3.33. The Kier molecular flexibility index (Phi) is 3.51. The highest BCUT2D eigenvalue weighted by Crippen LogP contribution is 2.45. The fourth-order valence-electron chi connectivity index (χ4n) is 4.67. The normalized spacial score (nSPS) is 24.0. The van der Waals surface area contributed by atoms with Gasteiger partial charge in [0.15, 0.2) is 0 Å². The predicted molar refractivity (Wildman–Crippen MR) is 97.5 cm³/mol. The first-order chi connectivity index (χ1) is 13.1. The van der Waals surface area contributed by atoms with E-state index in [0.29, 0.717) is 30.3 Å². The molecule has 138 valence electrons. The van der Waals surface area contributed by atoms with Crippen molar-refractivity contribution < 1.29 is 4.79 Å². The molecule has 1 unspecified atom stereocenters. The summed E-state index contributed by atoms with van der Waals surface area (Å²) in [5.41, 5.74) is 2.42. The summed E-state index contributed by atoms with van der Waals surface area (Å²) in [7, 11) is 0. The summed E-state index contributed by atoms with van der Waals surface area (Å²) in [5, 5.41) is 8.99. The second-order valence-corrected chi connectivity index (χ2v) is 8.08. The maximum absolute atomic E-state index is 12.9. The smallest absolute Gasteiger partial charge is 0.270 e. The SMILES string of the molecule is N#Cc1c[nH]c(C(=O)N2CCCC3(CCc4c3nc(C3CC3)[nH]c4=O)C2)c1. The molecule has 2 aromatic rings. The number of carbonyl (C=O) groups is 1. The monoisotopic (exact) mass is 363 g/mol. The summed E-state index contributed by atoms with van der Waals surface area (Å²) in [5.74, 6) is 1.13. The topological polar surface area (TPSA) is 106 Å². The maximum Gasteiger partial charge on any atom is 0.270 e. The number of nitriles is 1. The van der Waals surface area contributed by atoms with E-state index < -0.39 is 0 Å². The van der Waals surface area contributed by atoms with Gasteiger partial charge in [-0.1, -0.05) is 0 Å². The summed E-state index contributed by atoms with van der Waals surface area (Å²) in [6.07, 6.45) is 7.18.